The quantitative estimate of drug-likeness (QED) is 0.779. The zero-order valence-corrected chi connectivity index (χ0v) is 14.1. The highest BCUT2D eigenvalue weighted by Crippen LogP contribution is 2.28. The molecule has 0 bridgehead atoms. The molecule has 3 N–H and O–H groups in total. The van der Waals surface area contributed by atoms with Crippen LogP contribution in [0.15, 0.2) is 27.6 Å². The van der Waals surface area contributed by atoms with Crippen LogP contribution in [0.5, 0.6) is 0 Å². The van der Waals surface area contributed by atoms with Crippen molar-refractivity contribution >= 4 is 37.5 Å². The monoisotopic (exact) mass is 375 g/mol. The van der Waals surface area contributed by atoms with E-state index in [9.17, 15) is 13.2 Å². The lowest BCUT2D eigenvalue weighted by Gasteiger charge is -2.31. The fourth-order valence-corrected chi connectivity index (χ4v) is 4.92. The first-order valence-electron chi connectivity index (χ1n) is 6.63. The van der Waals surface area contributed by atoms with E-state index in [0.29, 0.717) is 36.1 Å². The van der Waals surface area contributed by atoms with Gasteiger partial charge in [-0.3, -0.25) is 4.79 Å². The highest BCUT2D eigenvalue weighted by Gasteiger charge is 2.30. The summed E-state index contributed by atoms with van der Waals surface area (Å²) >= 11 is 3.25. The second-order valence-electron chi connectivity index (χ2n) is 5.07. The van der Waals surface area contributed by atoms with Gasteiger partial charge in [-0.2, -0.15) is 4.31 Å². The number of halogens is 1. The van der Waals surface area contributed by atoms with Gasteiger partial charge in [0.25, 0.3) is 0 Å². The van der Waals surface area contributed by atoms with Crippen LogP contribution < -0.4 is 11.1 Å². The predicted octanol–water partition coefficient (Wildman–Crippen LogP) is 1.32. The molecule has 0 spiro atoms. The van der Waals surface area contributed by atoms with Crippen LogP contribution in [0.4, 0.5) is 5.69 Å². The number of rotatable bonds is 3. The van der Waals surface area contributed by atoms with E-state index < -0.39 is 10.0 Å². The van der Waals surface area contributed by atoms with E-state index in [1.807, 2.05) is 0 Å². The van der Waals surface area contributed by atoms with Crippen LogP contribution in [-0.4, -0.2) is 37.8 Å². The number of hydrogen-bond donors (Lipinski definition) is 2. The third kappa shape index (κ3) is 3.75. The average Bonchev–Trinajstić information content (AvgIpc) is 2.38. The van der Waals surface area contributed by atoms with Crippen molar-refractivity contribution in [1.29, 1.82) is 0 Å². The summed E-state index contributed by atoms with van der Waals surface area (Å²) in [5.74, 6) is -0.0856. The molecule has 1 aliphatic heterocycles. The molecule has 116 valence electrons. The molecule has 21 heavy (non-hydrogen) atoms. The summed E-state index contributed by atoms with van der Waals surface area (Å²) in [7, 11) is -3.54. The fourth-order valence-electron chi connectivity index (χ4n) is 2.39. The summed E-state index contributed by atoms with van der Waals surface area (Å²) in [5, 5.41) is 2.83. The summed E-state index contributed by atoms with van der Waals surface area (Å²) in [5.41, 5.74) is 6.14. The van der Waals surface area contributed by atoms with E-state index in [2.05, 4.69) is 21.2 Å². The van der Waals surface area contributed by atoms with Gasteiger partial charge in [0.15, 0.2) is 0 Å². The number of nitrogens with two attached hydrogens (primary N) is 1. The van der Waals surface area contributed by atoms with Crippen molar-refractivity contribution in [2.45, 2.75) is 30.7 Å². The zero-order valence-electron chi connectivity index (χ0n) is 11.7. The minimum Gasteiger partial charge on any atom is -0.399 e. The lowest BCUT2D eigenvalue weighted by atomic mass is 10.1. The van der Waals surface area contributed by atoms with Crippen LogP contribution in [0.3, 0.4) is 0 Å². The van der Waals surface area contributed by atoms with Gasteiger partial charge in [-0.25, -0.2) is 8.42 Å². The number of carbonyl (C=O) groups is 1. The Morgan fingerprint density at radius 3 is 2.52 bits per heavy atom. The molecule has 1 aliphatic rings. The number of anilines is 1. The Balaban J connectivity index is 2.13. The number of nitrogens with zero attached hydrogens (tertiary/aromatic N) is 1. The van der Waals surface area contributed by atoms with E-state index in [1.165, 1.54) is 17.3 Å². The molecule has 8 heteroatoms. The maximum Gasteiger partial charge on any atom is 0.244 e. The summed E-state index contributed by atoms with van der Waals surface area (Å²) in [4.78, 5) is 11.2. The Labute approximate surface area is 132 Å². The molecule has 1 aromatic carbocycles. The lowest BCUT2D eigenvalue weighted by Crippen LogP contribution is -2.46. The molecular weight excluding hydrogens is 358 g/mol. The van der Waals surface area contributed by atoms with Gasteiger partial charge in [0.05, 0.1) is 4.90 Å². The minimum atomic E-state index is -3.54. The third-order valence-electron chi connectivity index (χ3n) is 3.44. The molecule has 0 unspecified atom stereocenters. The van der Waals surface area contributed by atoms with Crippen LogP contribution in [0, 0.1) is 0 Å². The summed E-state index contributed by atoms with van der Waals surface area (Å²) in [6.45, 7) is 2.25. The van der Waals surface area contributed by atoms with Gasteiger partial charge in [0.1, 0.15) is 0 Å². The molecule has 1 amide bonds. The predicted molar refractivity (Wildman–Crippen MR) is 84.2 cm³/mol. The van der Waals surface area contributed by atoms with Crippen LogP contribution in [0.1, 0.15) is 19.8 Å². The Hall–Kier alpha value is -1.12. The molecule has 6 nitrogen and oxygen atoms in total. The number of amides is 1. The van der Waals surface area contributed by atoms with Crippen LogP contribution >= 0.6 is 15.9 Å². The van der Waals surface area contributed by atoms with E-state index in [-0.39, 0.29) is 16.8 Å². The summed E-state index contributed by atoms with van der Waals surface area (Å²) in [6, 6.07) is 4.71. The lowest BCUT2D eigenvalue weighted by molar-refractivity contribution is -0.119. The summed E-state index contributed by atoms with van der Waals surface area (Å²) < 4.78 is 27.1. The van der Waals surface area contributed by atoms with Crippen molar-refractivity contribution in [2.75, 3.05) is 18.8 Å². The standard InChI is InChI=1S/C13H18BrN3O3S/c1-9(18)16-11-4-6-17(7-5-11)21(19,20)13-3-2-10(15)8-12(13)14/h2-3,8,11H,4-7,15H2,1H3,(H,16,18). The molecular formula is C13H18BrN3O3S. The van der Waals surface area contributed by atoms with Crippen molar-refractivity contribution in [3.8, 4) is 0 Å². The van der Waals surface area contributed by atoms with Gasteiger partial charge in [-0.15, -0.1) is 0 Å². The topological polar surface area (TPSA) is 92.5 Å². The Kier molecular flexibility index (Phi) is 4.90. The molecule has 0 aromatic heterocycles. The van der Waals surface area contributed by atoms with Crippen molar-refractivity contribution in [1.82, 2.24) is 9.62 Å². The maximum absolute atomic E-state index is 12.6. The van der Waals surface area contributed by atoms with Crippen LogP contribution in [-0.2, 0) is 14.8 Å². The van der Waals surface area contributed by atoms with Gasteiger partial charge in [0, 0.05) is 36.2 Å². The number of piperidine rings is 1. The number of nitrogens with one attached hydrogen (secondary N) is 1. The van der Waals surface area contributed by atoms with Crippen molar-refractivity contribution in [3.63, 3.8) is 0 Å². The molecule has 1 aromatic rings. The molecule has 1 fully saturated rings. The molecule has 1 heterocycles. The Bertz CT molecular complexity index is 640. The largest absolute Gasteiger partial charge is 0.399 e. The van der Waals surface area contributed by atoms with Gasteiger partial charge < -0.3 is 11.1 Å². The molecule has 0 saturated carbocycles. The number of sulfonamides is 1. The van der Waals surface area contributed by atoms with Crippen molar-refractivity contribution in [2.24, 2.45) is 0 Å². The second-order valence-corrected chi connectivity index (χ2v) is 7.83. The zero-order chi connectivity index (χ0) is 15.6. The number of nitrogen functional groups attached to an aromatic ring is 1. The molecule has 2 rings (SSSR count). The normalized spacial score (nSPS) is 17.6. The molecule has 0 atom stereocenters. The number of benzene rings is 1. The smallest absolute Gasteiger partial charge is 0.244 e. The van der Waals surface area contributed by atoms with Gasteiger partial charge in [-0.05, 0) is 47.0 Å². The van der Waals surface area contributed by atoms with Crippen molar-refractivity contribution in [3.05, 3.63) is 22.7 Å². The Morgan fingerprint density at radius 1 is 1.38 bits per heavy atom. The van der Waals surface area contributed by atoms with Gasteiger partial charge in [-0.1, -0.05) is 0 Å². The van der Waals surface area contributed by atoms with E-state index in [1.54, 1.807) is 12.1 Å². The van der Waals surface area contributed by atoms with Gasteiger partial charge in [0.2, 0.25) is 15.9 Å². The first-order valence-corrected chi connectivity index (χ1v) is 8.86. The molecule has 1 saturated heterocycles. The second kappa shape index (κ2) is 6.33. The number of hydrogen-bond acceptors (Lipinski definition) is 4. The first-order chi connectivity index (χ1) is 9.80. The highest BCUT2D eigenvalue weighted by molar-refractivity contribution is 9.10. The maximum atomic E-state index is 12.6. The van der Waals surface area contributed by atoms with Crippen LogP contribution in [0.25, 0.3) is 0 Å². The van der Waals surface area contributed by atoms with E-state index in [0.717, 1.165) is 0 Å². The average molecular weight is 376 g/mol. The molecule has 0 aliphatic carbocycles. The van der Waals surface area contributed by atoms with E-state index in [4.69, 9.17) is 5.73 Å². The highest BCUT2D eigenvalue weighted by atomic mass is 79.9. The SMILES string of the molecule is CC(=O)NC1CCN(S(=O)(=O)c2ccc(N)cc2Br)CC1. The molecule has 0 radical (unpaired) electrons. The fraction of sp³-hybridized carbons (Fsp3) is 0.462. The minimum absolute atomic E-state index is 0.0452. The van der Waals surface area contributed by atoms with Crippen LogP contribution in [0.2, 0.25) is 0 Å². The van der Waals surface area contributed by atoms with Crippen molar-refractivity contribution < 1.29 is 13.2 Å². The first kappa shape index (κ1) is 16.3. The summed E-state index contributed by atoms with van der Waals surface area (Å²) in [6.07, 6.45) is 1.23. The Morgan fingerprint density at radius 2 is 2.00 bits per heavy atom. The third-order valence-corrected chi connectivity index (χ3v) is 6.31. The number of carbonyl (C=O) groups excluding carboxylic acids is 1. The van der Waals surface area contributed by atoms with E-state index >= 15 is 0 Å². The van der Waals surface area contributed by atoms with Gasteiger partial charge >= 0.3 is 0 Å².